The van der Waals surface area contributed by atoms with Crippen LogP contribution in [0, 0.1) is 5.92 Å². The molecule has 2 rings (SSSR count). The van der Waals surface area contributed by atoms with Crippen LogP contribution in [0.4, 0.5) is 0 Å². The molecule has 2 N–H and O–H groups in total. The van der Waals surface area contributed by atoms with Crippen molar-refractivity contribution in [1.82, 2.24) is 10.2 Å². The Morgan fingerprint density at radius 2 is 2.06 bits per heavy atom. The number of hydrogen-bond acceptors (Lipinski definition) is 3. The van der Waals surface area contributed by atoms with Gasteiger partial charge in [-0.1, -0.05) is 6.92 Å². The molecule has 3 atom stereocenters. The molecule has 0 radical (unpaired) electrons. The minimum atomic E-state index is 0.272. The number of nitrogens with one attached hydrogen (secondary N) is 1. The minimum Gasteiger partial charge on any atom is -0.395 e. The molecule has 3 heteroatoms. The summed E-state index contributed by atoms with van der Waals surface area (Å²) in [5, 5.41) is 12.9. The number of piperidine rings is 1. The van der Waals surface area contributed by atoms with E-state index in [1.54, 1.807) is 0 Å². The van der Waals surface area contributed by atoms with Crippen LogP contribution in [-0.2, 0) is 0 Å². The molecule has 0 spiro atoms. The van der Waals surface area contributed by atoms with Crippen molar-refractivity contribution in [3.63, 3.8) is 0 Å². The Morgan fingerprint density at radius 3 is 2.69 bits per heavy atom. The molecule has 0 aromatic rings. The zero-order valence-electron chi connectivity index (χ0n) is 10.7. The summed E-state index contributed by atoms with van der Waals surface area (Å²) in [7, 11) is 0. The summed E-state index contributed by atoms with van der Waals surface area (Å²) in [5.74, 6) is 0.800. The van der Waals surface area contributed by atoms with Gasteiger partial charge in [-0.05, 0) is 45.1 Å². The smallest absolute Gasteiger partial charge is 0.0597 e. The fraction of sp³-hybridized carbons (Fsp3) is 1.00. The summed E-state index contributed by atoms with van der Waals surface area (Å²) in [4.78, 5) is 2.55. The third-order valence-corrected chi connectivity index (χ3v) is 4.23. The first-order valence-electron chi connectivity index (χ1n) is 6.81. The molecule has 0 aromatic carbocycles. The van der Waals surface area contributed by atoms with Crippen molar-refractivity contribution >= 4 is 0 Å². The van der Waals surface area contributed by atoms with Gasteiger partial charge in [0.15, 0.2) is 0 Å². The fourth-order valence-electron chi connectivity index (χ4n) is 2.71. The molecule has 0 bridgehead atoms. The van der Waals surface area contributed by atoms with Crippen molar-refractivity contribution in [2.45, 2.75) is 57.7 Å². The van der Waals surface area contributed by atoms with Crippen molar-refractivity contribution < 1.29 is 5.11 Å². The van der Waals surface area contributed by atoms with Gasteiger partial charge in [-0.2, -0.15) is 0 Å². The van der Waals surface area contributed by atoms with Crippen molar-refractivity contribution in [1.29, 1.82) is 0 Å². The van der Waals surface area contributed by atoms with Crippen LogP contribution in [0.25, 0.3) is 0 Å². The van der Waals surface area contributed by atoms with Gasteiger partial charge in [0.1, 0.15) is 0 Å². The van der Waals surface area contributed by atoms with Gasteiger partial charge in [0, 0.05) is 24.7 Å². The van der Waals surface area contributed by atoms with Gasteiger partial charge in [-0.15, -0.1) is 0 Å². The maximum Gasteiger partial charge on any atom is 0.0597 e. The molecule has 3 unspecified atom stereocenters. The van der Waals surface area contributed by atoms with Crippen molar-refractivity contribution in [2.24, 2.45) is 5.92 Å². The Hall–Kier alpha value is -0.120. The van der Waals surface area contributed by atoms with Gasteiger partial charge in [-0.3, -0.25) is 4.90 Å². The molecule has 1 heterocycles. The first-order valence-corrected chi connectivity index (χ1v) is 6.81. The van der Waals surface area contributed by atoms with Gasteiger partial charge >= 0.3 is 0 Å². The maximum atomic E-state index is 9.40. The summed E-state index contributed by atoms with van der Waals surface area (Å²) in [5.41, 5.74) is 0. The van der Waals surface area contributed by atoms with E-state index >= 15 is 0 Å². The van der Waals surface area contributed by atoms with Crippen LogP contribution >= 0.6 is 0 Å². The molecule has 0 amide bonds. The van der Waals surface area contributed by atoms with Crippen LogP contribution in [-0.4, -0.2) is 47.8 Å². The van der Waals surface area contributed by atoms with E-state index < -0.39 is 0 Å². The van der Waals surface area contributed by atoms with E-state index in [1.807, 2.05) is 0 Å². The fourth-order valence-corrected chi connectivity index (χ4v) is 2.71. The highest BCUT2D eigenvalue weighted by molar-refractivity contribution is 4.88. The lowest BCUT2D eigenvalue weighted by atomic mass is 9.92. The summed E-state index contributed by atoms with van der Waals surface area (Å²) >= 11 is 0. The third-order valence-electron chi connectivity index (χ3n) is 4.23. The number of aliphatic hydroxyl groups excluding tert-OH is 1. The zero-order valence-corrected chi connectivity index (χ0v) is 10.7. The van der Waals surface area contributed by atoms with E-state index in [2.05, 4.69) is 24.1 Å². The van der Waals surface area contributed by atoms with Crippen molar-refractivity contribution in [3.05, 3.63) is 0 Å². The first kappa shape index (κ1) is 12.3. The summed E-state index contributed by atoms with van der Waals surface area (Å²) in [6.07, 6.45) is 5.26. The van der Waals surface area contributed by atoms with Crippen molar-refractivity contribution in [2.75, 3.05) is 19.7 Å². The van der Waals surface area contributed by atoms with Gasteiger partial charge in [0.25, 0.3) is 0 Å². The average molecular weight is 226 g/mol. The zero-order chi connectivity index (χ0) is 11.5. The molecule has 2 aliphatic rings. The number of nitrogens with zero attached hydrogens (tertiary/aromatic N) is 1. The van der Waals surface area contributed by atoms with Crippen molar-refractivity contribution in [3.8, 4) is 0 Å². The number of aliphatic hydroxyl groups is 1. The molecular weight excluding hydrogens is 200 g/mol. The molecule has 2 fully saturated rings. The van der Waals surface area contributed by atoms with Gasteiger partial charge in [0.2, 0.25) is 0 Å². The molecule has 16 heavy (non-hydrogen) atoms. The van der Waals surface area contributed by atoms with Gasteiger partial charge in [-0.25, -0.2) is 0 Å². The van der Waals surface area contributed by atoms with Crippen LogP contribution in [0.1, 0.15) is 39.5 Å². The van der Waals surface area contributed by atoms with E-state index in [-0.39, 0.29) is 12.6 Å². The predicted molar refractivity (Wildman–Crippen MR) is 66.5 cm³/mol. The molecular formula is C13H26N2O. The average Bonchev–Trinajstić information content (AvgIpc) is 3.07. The molecule has 3 nitrogen and oxygen atoms in total. The largest absolute Gasteiger partial charge is 0.395 e. The van der Waals surface area contributed by atoms with Crippen LogP contribution in [0.3, 0.4) is 0 Å². The molecule has 1 aliphatic carbocycles. The maximum absolute atomic E-state index is 9.40. The number of likely N-dealkylation sites (tertiary alicyclic amines) is 1. The lowest BCUT2D eigenvalue weighted by Crippen LogP contribution is -2.50. The van der Waals surface area contributed by atoms with E-state index in [9.17, 15) is 5.11 Å². The topological polar surface area (TPSA) is 35.5 Å². The van der Waals surface area contributed by atoms with E-state index in [1.165, 1.54) is 32.2 Å². The highest BCUT2D eigenvalue weighted by Gasteiger charge is 2.29. The second-order valence-corrected chi connectivity index (χ2v) is 5.68. The second kappa shape index (κ2) is 5.48. The lowest BCUT2D eigenvalue weighted by molar-refractivity contribution is 0.0883. The normalized spacial score (nSPS) is 33.9. The number of hydrogen-bond donors (Lipinski definition) is 2. The Bertz CT molecular complexity index is 218. The Morgan fingerprint density at radius 1 is 1.31 bits per heavy atom. The van der Waals surface area contributed by atoms with Crippen LogP contribution in [0.5, 0.6) is 0 Å². The molecule has 1 aliphatic heterocycles. The quantitative estimate of drug-likeness (QED) is 0.740. The summed E-state index contributed by atoms with van der Waals surface area (Å²) in [6.45, 7) is 7.16. The molecule has 1 saturated carbocycles. The molecule has 0 aromatic heterocycles. The predicted octanol–water partition coefficient (Wildman–Crippen LogP) is 1.22. The Labute approximate surface area is 99.2 Å². The second-order valence-electron chi connectivity index (χ2n) is 5.68. The minimum absolute atomic E-state index is 0.272. The third kappa shape index (κ3) is 3.19. The monoisotopic (exact) mass is 226 g/mol. The Balaban J connectivity index is 1.80. The highest BCUT2D eigenvalue weighted by Crippen LogP contribution is 2.24. The highest BCUT2D eigenvalue weighted by atomic mass is 16.3. The van der Waals surface area contributed by atoms with Crippen LogP contribution < -0.4 is 5.32 Å². The summed E-state index contributed by atoms with van der Waals surface area (Å²) < 4.78 is 0. The van der Waals surface area contributed by atoms with Gasteiger partial charge in [0.05, 0.1) is 6.61 Å². The number of rotatable bonds is 5. The van der Waals surface area contributed by atoms with Crippen LogP contribution in [0.2, 0.25) is 0 Å². The summed E-state index contributed by atoms with van der Waals surface area (Å²) in [6, 6.07) is 1.64. The van der Waals surface area contributed by atoms with E-state index in [0.29, 0.717) is 12.1 Å². The standard InChI is InChI=1S/C13H26N2O/c1-10-4-3-7-15(11(10)2)8-13(9-16)14-12-5-6-12/h10-14,16H,3-9H2,1-2H3. The molecule has 1 saturated heterocycles. The molecule has 94 valence electrons. The first-order chi connectivity index (χ1) is 7.70. The SMILES string of the molecule is CC1CCCN(CC(CO)NC2CC2)C1C. The van der Waals surface area contributed by atoms with Crippen LogP contribution in [0.15, 0.2) is 0 Å². The van der Waals surface area contributed by atoms with Gasteiger partial charge < -0.3 is 10.4 Å². The van der Waals surface area contributed by atoms with E-state index in [0.717, 1.165) is 12.5 Å². The Kier molecular flexibility index (Phi) is 4.22. The lowest BCUT2D eigenvalue weighted by Gasteiger charge is -2.39. The van der Waals surface area contributed by atoms with E-state index in [4.69, 9.17) is 0 Å².